The highest BCUT2D eigenvalue weighted by atomic mass is 16.2. The van der Waals surface area contributed by atoms with Crippen molar-refractivity contribution in [1.82, 2.24) is 9.88 Å². The number of nitrogens with one attached hydrogen (secondary N) is 1. The third kappa shape index (κ3) is 3.65. The Labute approximate surface area is 168 Å². The van der Waals surface area contributed by atoms with Crippen molar-refractivity contribution in [3.8, 4) is 0 Å². The Morgan fingerprint density at radius 2 is 1.59 bits per heavy atom. The second-order valence-corrected chi connectivity index (χ2v) is 6.94. The zero-order valence-corrected chi connectivity index (χ0v) is 15.8. The predicted molar refractivity (Wildman–Crippen MR) is 108 cm³/mol. The Morgan fingerprint density at radius 1 is 0.966 bits per heavy atom. The summed E-state index contributed by atoms with van der Waals surface area (Å²) in [7, 11) is 0. The lowest BCUT2D eigenvalue weighted by molar-refractivity contribution is -0.120. The summed E-state index contributed by atoms with van der Waals surface area (Å²) in [6, 6.07) is 18.5. The molecule has 0 spiro atoms. The average molecular weight is 385 g/mol. The van der Waals surface area contributed by atoms with Crippen LogP contribution >= 0.6 is 0 Å². The molecule has 1 aliphatic rings. The molecule has 0 saturated carbocycles. The van der Waals surface area contributed by atoms with Crippen LogP contribution in [-0.4, -0.2) is 33.6 Å². The van der Waals surface area contributed by atoms with Gasteiger partial charge in [-0.25, -0.2) is 4.98 Å². The van der Waals surface area contributed by atoms with Crippen LogP contribution in [0.4, 0.5) is 5.82 Å². The summed E-state index contributed by atoms with van der Waals surface area (Å²) in [5, 5.41) is 2.75. The molecule has 1 aromatic heterocycles. The Balaban J connectivity index is 1.68. The van der Waals surface area contributed by atoms with Crippen LogP contribution in [0.1, 0.15) is 31.8 Å². The smallest absolute Gasteiger partial charge is 0.262 e. The number of hydrogen-bond acceptors (Lipinski definition) is 4. The molecule has 2 heterocycles. The number of benzene rings is 2. The second kappa shape index (κ2) is 7.67. The van der Waals surface area contributed by atoms with Crippen molar-refractivity contribution in [2.75, 3.05) is 5.32 Å². The molecule has 6 nitrogen and oxygen atoms in total. The monoisotopic (exact) mass is 385 g/mol. The van der Waals surface area contributed by atoms with Crippen molar-refractivity contribution >= 4 is 23.5 Å². The largest absolute Gasteiger partial charge is 0.309 e. The van der Waals surface area contributed by atoms with Gasteiger partial charge in [0.25, 0.3) is 11.8 Å². The van der Waals surface area contributed by atoms with E-state index in [0.717, 1.165) is 16.0 Å². The molecule has 1 N–H and O–H groups in total. The second-order valence-electron chi connectivity index (χ2n) is 6.94. The molecule has 3 amide bonds. The molecule has 6 heteroatoms. The fourth-order valence-electron chi connectivity index (χ4n) is 3.44. The van der Waals surface area contributed by atoms with E-state index in [4.69, 9.17) is 0 Å². The van der Waals surface area contributed by atoms with Crippen LogP contribution in [0.3, 0.4) is 0 Å². The normalized spacial score (nSPS) is 13.9. The van der Waals surface area contributed by atoms with Gasteiger partial charge in [-0.2, -0.15) is 0 Å². The molecule has 1 aliphatic heterocycles. The topological polar surface area (TPSA) is 79.4 Å². The quantitative estimate of drug-likeness (QED) is 0.684. The molecule has 0 aliphatic carbocycles. The first-order valence-electron chi connectivity index (χ1n) is 9.29. The van der Waals surface area contributed by atoms with E-state index in [0.29, 0.717) is 16.9 Å². The molecule has 2 aromatic carbocycles. The van der Waals surface area contributed by atoms with Gasteiger partial charge in [-0.3, -0.25) is 19.3 Å². The summed E-state index contributed by atoms with van der Waals surface area (Å²) >= 11 is 0. The number of amides is 3. The van der Waals surface area contributed by atoms with Crippen molar-refractivity contribution in [3.05, 3.63) is 95.2 Å². The number of carbonyl (C=O) groups is 3. The minimum absolute atomic E-state index is 0.212. The van der Waals surface area contributed by atoms with Crippen LogP contribution in [0.15, 0.2) is 72.9 Å². The Kier molecular flexibility index (Phi) is 4.91. The minimum atomic E-state index is -0.993. The van der Waals surface area contributed by atoms with Crippen molar-refractivity contribution < 1.29 is 14.4 Å². The zero-order valence-electron chi connectivity index (χ0n) is 15.8. The highest BCUT2D eigenvalue weighted by Crippen LogP contribution is 2.26. The fraction of sp³-hybridized carbons (Fsp3) is 0.130. The van der Waals surface area contributed by atoms with Gasteiger partial charge in [0.1, 0.15) is 11.9 Å². The summed E-state index contributed by atoms with van der Waals surface area (Å²) in [4.78, 5) is 44.3. The molecule has 0 unspecified atom stereocenters. The highest BCUT2D eigenvalue weighted by molar-refractivity contribution is 6.23. The molecule has 3 aromatic rings. The molecule has 1 atom stereocenters. The van der Waals surface area contributed by atoms with Crippen LogP contribution in [0.2, 0.25) is 0 Å². The van der Waals surface area contributed by atoms with E-state index in [1.807, 2.05) is 43.3 Å². The number of aryl methyl sites for hydroxylation is 1. The molecule has 4 rings (SSSR count). The third-order valence-electron chi connectivity index (χ3n) is 4.88. The van der Waals surface area contributed by atoms with Gasteiger partial charge >= 0.3 is 0 Å². The van der Waals surface area contributed by atoms with Gasteiger partial charge in [-0.1, -0.05) is 42.5 Å². The van der Waals surface area contributed by atoms with Crippen LogP contribution in [-0.2, 0) is 11.2 Å². The standard InChI is InChI=1S/C23H19N3O3/c1-15-11-12-24-20(13-15)25-21(27)19(14-16-7-3-2-4-8-16)26-22(28)17-9-5-6-10-18(17)23(26)29/h2-13,19H,14H2,1H3,(H,24,25,27)/t19-/m0/s1. The van der Waals surface area contributed by atoms with E-state index >= 15 is 0 Å². The maximum atomic E-state index is 13.2. The summed E-state index contributed by atoms with van der Waals surface area (Å²) in [6.07, 6.45) is 1.81. The molecule has 0 radical (unpaired) electrons. The van der Waals surface area contributed by atoms with Crippen molar-refractivity contribution in [3.63, 3.8) is 0 Å². The zero-order chi connectivity index (χ0) is 20.4. The lowest BCUT2D eigenvalue weighted by atomic mass is 10.0. The Bertz CT molecular complexity index is 1060. The van der Waals surface area contributed by atoms with Gasteiger partial charge in [0.15, 0.2) is 0 Å². The predicted octanol–water partition coefficient (Wildman–Crippen LogP) is 3.24. The number of imide groups is 1. The molecule has 0 bridgehead atoms. The molecule has 0 saturated heterocycles. The lowest BCUT2D eigenvalue weighted by Gasteiger charge is -2.25. The van der Waals surface area contributed by atoms with Gasteiger partial charge in [0, 0.05) is 12.6 Å². The van der Waals surface area contributed by atoms with Gasteiger partial charge in [0.05, 0.1) is 11.1 Å². The first-order valence-corrected chi connectivity index (χ1v) is 9.29. The van der Waals surface area contributed by atoms with E-state index in [-0.39, 0.29) is 6.42 Å². The van der Waals surface area contributed by atoms with Crippen LogP contribution in [0.25, 0.3) is 0 Å². The summed E-state index contributed by atoms with van der Waals surface area (Å²) < 4.78 is 0. The van der Waals surface area contributed by atoms with Crippen molar-refractivity contribution in [2.45, 2.75) is 19.4 Å². The lowest BCUT2D eigenvalue weighted by Crippen LogP contribution is -2.48. The van der Waals surface area contributed by atoms with Gasteiger partial charge in [-0.15, -0.1) is 0 Å². The summed E-state index contributed by atoms with van der Waals surface area (Å²) in [5.74, 6) is -0.996. The molecule has 0 fully saturated rings. The number of pyridine rings is 1. The van der Waals surface area contributed by atoms with Gasteiger partial charge < -0.3 is 5.32 Å². The summed E-state index contributed by atoms with van der Waals surface area (Å²) in [6.45, 7) is 1.89. The van der Waals surface area contributed by atoms with E-state index in [1.165, 1.54) is 0 Å². The summed E-state index contributed by atoms with van der Waals surface area (Å²) in [5.41, 5.74) is 2.42. The van der Waals surface area contributed by atoms with E-state index in [1.54, 1.807) is 36.5 Å². The Hall–Kier alpha value is -3.80. The fourth-order valence-corrected chi connectivity index (χ4v) is 3.44. The maximum Gasteiger partial charge on any atom is 0.262 e. The van der Waals surface area contributed by atoms with E-state index in [9.17, 15) is 14.4 Å². The van der Waals surface area contributed by atoms with Gasteiger partial charge in [0.2, 0.25) is 5.91 Å². The third-order valence-corrected chi connectivity index (χ3v) is 4.88. The molecule has 144 valence electrons. The highest BCUT2D eigenvalue weighted by Gasteiger charge is 2.42. The number of rotatable bonds is 5. The van der Waals surface area contributed by atoms with Crippen LogP contribution in [0.5, 0.6) is 0 Å². The molecular formula is C23H19N3O3. The molecular weight excluding hydrogens is 366 g/mol. The number of carbonyl (C=O) groups excluding carboxylic acids is 3. The van der Waals surface area contributed by atoms with Crippen LogP contribution in [0, 0.1) is 6.92 Å². The minimum Gasteiger partial charge on any atom is -0.309 e. The van der Waals surface area contributed by atoms with Crippen LogP contribution < -0.4 is 5.32 Å². The van der Waals surface area contributed by atoms with Crippen molar-refractivity contribution in [2.24, 2.45) is 0 Å². The first kappa shape index (κ1) is 18.6. The number of fused-ring (bicyclic) bond motifs is 1. The number of nitrogens with zero attached hydrogens (tertiary/aromatic N) is 2. The number of hydrogen-bond donors (Lipinski definition) is 1. The van der Waals surface area contributed by atoms with E-state index < -0.39 is 23.8 Å². The Morgan fingerprint density at radius 3 is 2.21 bits per heavy atom. The number of anilines is 1. The van der Waals surface area contributed by atoms with Gasteiger partial charge in [-0.05, 0) is 42.3 Å². The average Bonchev–Trinajstić information content (AvgIpc) is 2.98. The first-order chi connectivity index (χ1) is 14.0. The van der Waals surface area contributed by atoms with Crippen molar-refractivity contribution in [1.29, 1.82) is 0 Å². The van der Waals surface area contributed by atoms with E-state index in [2.05, 4.69) is 10.3 Å². The SMILES string of the molecule is Cc1ccnc(NC(=O)[C@H](Cc2ccccc2)N2C(=O)c3ccccc3C2=O)c1. The molecule has 29 heavy (non-hydrogen) atoms. The number of aromatic nitrogens is 1. The maximum absolute atomic E-state index is 13.2.